The molecule has 2 rings (SSSR count). The summed E-state index contributed by atoms with van der Waals surface area (Å²) in [5.41, 5.74) is 0.545. The van der Waals surface area contributed by atoms with Crippen molar-refractivity contribution in [1.82, 2.24) is 4.98 Å². The number of hydrogen-bond donors (Lipinski definition) is 0. The van der Waals surface area contributed by atoms with Crippen LogP contribution >= 0.6 is 0 Å². The van der Waals surface area contributed by atoms with Crippen LogP contribution in [0.3, 0.4) is 0 Å². The van der Waals surface area contributed by atoms with E-state index in [0.29, 0.717) is 0 Å². The van der Waals surface area contributed by atoms with Gasteiger partial charge in [-0.05, 0) is 31.0 Å². The van der Waals surface area contributed by atoms with Gasteiger partial charge >= 0.3 is 0 Å². The molecule has 0 radical (unpaired) electrons. The molecule has 0 saturated heterocycles. The zero-order chi connectivity index (χ0) is 10.7. The number of aromatic nitrogens is 1. The highest BCUT2D eigenvalue weighted by Crippen LogP contribution is 2.33. The van der Waals surface area contributed by atoms with Crippen molar-refractivity contribution in [3.05, 3.63) is 54.4 Å². The molecule has 0 aliphatic heterocycles. The van der Waals surface area contributed by atoms with E-state index in [9.17, 15) is 4.79 Å². The van der Waals surface area contributed by atoms with Gasteiger partial charge in [-0.1, -0.05) is 24.3 Å². The minimum atomic E-state index is -0.475. The van der Waals surface area contributed by atoms with Crippen LogP contribution < -0.4 is 0 Å². The second-order valence-corrected chi connectivity index (χ2v) is 3.75. The quantitative estimate of drug-likeness (QED) is 0.732. The molecule has 0 aromatic carbocycles. The van der Waals surface area contributed by atoms with E-state index in [-0.39, 0.29) is 5.78 Å². The lowest BCUT2D eigenvalue weighted by Gasteiger charge is -2.28. The highest BCUT2D eigenvalue weighted by molar-refractivity contribution is 5.90. The maximum absolute atomic E-state index is 11.8. The van der Waals surface area contributed by atoms with Crippen LogP contribution in [0.5, 0.6) is 0 Å². The number of carbonyl (C=O) groups excluding carboxylic acids is 1. The standard InChI is InChI=1S/C13H13NO/c1-11(15)13(7-3-2-4-8-13)12-5-9-14-10-6-12/h2-7,9-10H,8H2,1H3. The summed E-state index contributed by atoms with van der Waals surface area (Å²) in [5, 5.41) is 0. The van der Waals surface area contributed by atoms with Crippen LogP contribution in [-0.2, 0) is 10.2 Å². The summed E-state index contributed by atoms with van der Waals surface area (Å²) < 4.78 is 0. The Hall–Kier alpha value is -1.70. The van der Waals surface area contributed by atoms with Crippen LogP contribution in [-0.4, -0.2) is 10.8 Å². The Labute approximate surface area is 89.3 Å². The molecule has 1 unspecified atom stereocenters. The third-order valence-corrected chi connectivity index (χ3v) is 2.89. The molecule has 1 aliphatic carbocycles. The molecular weight excluding hydrogens is 186 g/mol. The fourth-order valence-corrected chi connectivity index (χ4v) is 1.95. The first-order valence-corrected chi connectivity index (χ1v) is 5.02. The molecule has 0 bridgehead atoms. The third kappa shape index (κ3) is 1.63. The number of allylic oxidation sites excluding steroid dienone is 4. The first-order chi connectivity index (χ1) is 7.26. The van der Waals surface area contributed by atoms with Crippen LogP contribution in [0.4, 0.5) is 0 Å². The predicted molar refractivity (Wildman–Crippen MR) is 59.5 cm³/mol. The highest BCUT2D eigenvalue weighted by Gasteiger charge is 2.34. The summed E-state index contributed by atoms with van der Waals surface area (Å²) in [7, 11) is 0. The Kier molecular flexibility index (Phi) is 2.50. The van der Waals surface area contributed by atoms with Crippen LogP contribution in [0.25, 0.3) is 0 Å². The van der Waals surface area contributed by atoms with Crippen molar-refractivity contribution in [2.75, 3.05) is 0 Å². The summed E-state index contributed by atoms with van der Waals surface area (Å²) in [6.45, 7) is 1.64. The average molecular weight is 199 g/mol. The zero-order valence-corrected chi connectivity index (χ0v) is 8.68. The van der Waals surface area contributed by atoms with E-state index in [1.807, 2.05) is 36.4 Å². The number of Topliss-reactive ketones (excluding diaryl/α,β-unsaturated/α-hetero) is 1. The van der Waals surface area contributed by atoms with Gasteiger partial charge in [0.25, 0.3) is 0 Å². The van der Waals surface area contributed by atoms with Crippen molar-refractivity contribution in [3.8, 4) is 0 Å². The van der Waals surface area contributed by atoms with Crippen molar-refractivity contribution in [2.45, 2.75) is 18.8 Å². The predicted octanol–water partition coefficient (Wildman–Crippen LogP) is 2.42. The van der Waals surface area contributed by atoms with Crippen molar-refractivity contribution in [1.29, 1.82) is 0 Å². The SMILES string of the molecule is CC(=O)C1(c2ccncc2)C=CC=CC1. The Morgan fingerprint density at radius 3 is 2.60 bits per heavy atom. The molecular formula is C13H13NO. The van der Waals surface area contributed by atoms with Crippen LogP contribution in [0, 0.1) is 0 Å². The van der Waals surface area contributed by atoms with E-state index in [0.717, 1.165) is 12.0 Å². The molecule has 2 nitrogen and oxygen atoms in total. The summed E-state index contributed by atoms with van der Waals surface area (Å²) in [5.74, 6) is 0.175. The Morgan fingerprint density at radius 1 is 1.33 bits per heavy atom. The molecule has 0 saturated carbocycles. The maximum atomic E-state index is 11.8. The normalized spacial score (nSPS) is 24.1. The van der Waals surface area contributed by atoms with Crippen molar-refractivity contribution in [3.63, 3.8) is 0 Å². The maximum Gasteiger partial charge on any atom is 0.144 e. The number of carbonyl (C=O) groups is 1. The van der Waals surface area contributed by atoms with Crippen LogP contribution in [0.2, 0.25) is 0 Å². The van der Waals surface area contributed by atoms with Crippen molar-refractivity contribution >= 4 is 5.78 Å². The number of nitrogens with zero attached hydrogens (tertiary/aromatic N) is 1. The van der Waals surface area contributed by atoms with Gasteiger partial charge in [0.1, 0.15) is 5.78 Å². The lowest BCUT2D eigenvalue weighted by Crippen LogP contribution is -2.32. The Morgan fingerprint density at radius 2 is 2.07 bits per heavy atom. The van der Waals surface area contributed by atoms with Crippen molar-refractivity contribution in [2.24, 2.45) is 0 Å². The van der Waals surface area contributed by atoms with Gasteiger partial charge in [-0.25, -0.2) is 0 Å². The second kappa shape index (κ2) is 3.81. The molecule has 0 fully saturated rings. The van der Waals surface area contributed by atoms with Gasteiger partial charge in [-0.2, -0.15) is 0 Å². The van der Waals surface area contributed by atoms with Gasteiger partial charge in [-0.3, -0.25) is 9.78 Å². The largest absolute Gasteiger partial charge is 0.299 e. The van der Waals surface area contributed by atoms with Crippen LogP contribution in [0.15, 0.2) is 48.8 Å². The van der Waals surface area contributed by atoms with Gasteiger partial charge in [0.15, 0.2) is 0 Å². The van der Waals surface area contributed by atoms with E-state index < -0.39 is 5.41 Å². The Bertz CT molecular complexity index is 419. The molecule has 1 heterocycles. The number of rotatable bonds is 2. The molecule has 0 amide bonds. The minimum Gasteiger partial charge on any atom is -0.299 e. The second-order valence-electron chi connectivity index (χ2n) is 3.75. The fourth-order valence-electron chi connectivity index (χ4n) is 1.95. The molecule has 15 heavy (non-hydrogen) atoms. The van der Waals surface area contributed by atoms with Crippen molar-refractivity contribution < 1.29 is 4.79 Å². The number of hydrogen-bond acceptors (Lipinski definition) is 2. The molecule has 1 aromatic rings. The topological polar surface area (TPSA) is 30.0 Å². The smallest absolute Gasteiger partial charge is 0.144 e. The van der Waals surface area contributed by atoms with Gasteiger partial charge in [-0.15, -0.1) is 0 Å². The van der Waals surface area contributed by atoms with Gasteiger partial charge < -0.3 is 0 Å². The lowest BCUT2D eigenvalue weighted by atomic mass is 9.73. The van der Waals surface area contributed by atoms with Gasteiger partial charge in [0, 0.05) is 12.4 Å². The average Bonchev–Trinajstić information content (AvgIpc) is 2.31. The third-order valence-electron chi connectivity index (χ3n) is 2.89. The van der Waals surface area contributed by atoms with E-state index in [1.54, 1.807) is 19.3 Å². The van der Waals surface area contributed by atoms with E-state index in [2.05, 4.69) is 4.98 Å². The molecule has 2 heteroatoms. The lowest BCUT2D eigenvalue weighted by molar-refractivity contribution is -0.120. The Balaban J connectivity index is 2.49. The molecule has 0 spiro atoms. The fraction of sp³-hybridized carbons (Fsp3) is 0.231. The molecule has 1 aromatic heterocycles. The minimum absolute atomic E-state index is 0.175. The number of ketones is 1. The van der Waals surface area contributed by atoms with Crippen LogP contribution in [0.1, 0.15) is 18.9 Å². The summed E-state index contributed by atoms with van der Waals surface area (Å²) >= 11 is 0. The van der Waals surface area contributed by atoms with Gasteiger partial charge in [0.2, 0.25) is 0 Å². The molecule has 1 atom stereocenters. The molecule has 0 N–H and O–H groups in total. The summed E-state index contributed by atoms with van der Waals surface area (Å²) in [6, 6.07) is 3.82. The first kappa shape index (κ1) is 9.84. The number of pyridine rings is 1. The summed E-state index contributed by atoms with van der Waals surface area (Å²) in [6.07, 6.45) is 12.1. The van der Waals surface area contributed by atoms with E-state index >= 15 is 0 Å². The monoisotopic (exact) mass is 199 g/mol. The van der Waals surface area contributed by atoms with Gasteiger partial charge in [0.05, 0.1) is 5.41 Å². The van der Waals surface area contributed by atoms with E-state index in [1.165, 1.54) is 0 Å². The zero-order valence-electron chi connectivity index (χ0n) is 8.68. The molecule has 76 valence electrons. The van der Waals surface area contributed by atoms with E-state index in [4.69, 9.17) is 0 Å². The first-order valence-electron chi connectivity index (χ1n) is 5.02. The highest BCUT2D eigenvalue weighted by atomic mass is 16.1. The summed E-state index contributed by atoms with van der Waals surface area (Å²) in [4.78, 5) is 15.8. The molecule has 1 aliphatic rings.